The van der Waals surface area contributed by atoms with Crippen LogP contribution in [0, 0.1) is 0 Å². The first-order valence-electron chi connectivity index (χ1n) is 6.76. The molecule has 0 radical (unpaired) electrons. The van der Waals surface area contributed by atoms with Crippen molar-refractivity contribution in [1.82, 2.24) is 0 Å². The lowest BCUT2D eigenvalue weighted by Gasteiger charge is -2.53. The zero-order valence-electron chi connectivity index (χ0n) is 11.6. The van der Waals surface area contributed by atoms with Gasteiger partial charge in [-0.1, -0.05) is 35.6 Å². The lowest BCUT2D eigenvalue weighted by atomic mass is 9.87. The van der Waals surface area contributed by atoms with Crippen LogP contribution in [-0.2, 0) is 4.79 Å². The lowest BCUT2D eigenvalue weighted by Crippen LogP contribution is -2.45. The fraction of sp³-hybridized carbons (Fsp3) is 0.929. The molecule has 1 rings (SSSR count). The van der Waals surface area contributed by atoms with Gasteiger partial charge in [-0.05, 0) is 42.7 Å². The molecule has 1 heterocycles. The van der Waals surface area contributed by atoms with E-state index in [-0.39, 0.29) is 7.92 Å². The second kappa shape index (κ2) is 5.17. The van der Waals surface area contributed by atoms with E-state index in [2.05, 4.69) is 34.4 Å². The first-order chi connectivity index (χ1) is 7.50. The summed E-state index contributed by atoms with van der Waals surface area (Å²) in [6.45, 7) is 11.6. The number of hydrogen-bond donors (Lipinski definition) is 0. The van der Waals surface area contributed by atoms with Crippen LogP contribution in [0.15, 0.2) is 0 Å². The SMILES string of the molecule is CCC1(CC)CC(=O)CC(CC)(CC)P1C. The van der Waals surface area contributed by atoms with Gasteiger partial charge < -0.3 is 0 Å². The zero-order valence-corrected chi connectivity index (χ0v) is 12.5. The largest absolute Gasteiger partial charge is 0.300 e. The van der Waals surface area contributed by atoms with Gasteiger partial charge in [-0.25, -0.2) is 0 Å². The highest BCUT2D eigenvalue weighted by atomic mass is 31.1. The highest BCUT2D eigenvalue weighted by Gasteiger charge is 2.50. The summed E-state index contributed by atoms with van der Waals surface area (Å²) >= 11 is 0. The van der Waals surface area contributed by atoms with E-state index in [1.54, 1.807) is 0 Å². The number of Topliss-reactive ketones (excluding diaryl/α,β-unsaturated/α-hetero) is 1. The van der Waals surface area contributed by atoms with E-state index in [4.69, 9.17) is 0 Å². The van der Waals surface area contributed by atoms with Crippen LogP contribution >= 0.6 is 7.92 Å². The molecule has 1 nitrogen and oxygen atoms in total. The molecule has 0 N–H and O–H groups in total. The topological polar surface area (TPSA) is 17.1 Å². The minimum Gasteiger partial charge on any atom is -0.300 e. The molecule has 0 aromatic carbocycles. The summed E-state index contributed by atoms with van der Waals surface area (Å²) in [4.78, 5) is 12.1. The highest BCUT2D eigenvalue weighted by molar-refractivity contribution is 7.60. The molecular formula is C14H27OP. The number of carbonyl (C=O) groups is 1. The number of hydrogen-bond acceptors (Lipinski definition) is 1. The fourth-order valence-electron chi connectivity index (χ4n) is 3.49. The molecule has 0 amide bonds. The first kappa shape index (κ1) is 14.2. The molecule has 1 fully saturated rings. The van der Waals surface area contributed by atoms with Gasteiger partial charge in [0.1, 0.15) is 5.78 Å². The number of rotatable bonds is 4. The second-order valence-electron chi connectivity index (χ2n) is 5.31. The van der Waals surface area contributed by atoms with Crippen molar-refractivity contribution in [3.05, 3.63) is 0 Å². The molecule has 16 heavy (non-hydrogen) atoms. The van der Waals surface area contributed by atoms with Crippen LogP contribution < -0.4 is 0 Å². The van der Waals surface area contributed by atoms with Gasteiger partial charge in [0.05, 0.1) is 0 Å². The minimum absolute atomic E-state index is 0.0349. The molecule has 94 valence electrons. The van der Waals surface area contributed by atoms with Gasteiger partial charge >= 0.3 is 0 Å². The minimum atomic E-state index is -0.0349. The monoisotopic (exact) mass is 242 g/mol. The molecule has 0 bridgehead atoms. The van der Waals surface area contributed by atoms with Crippen LogP contribution in [0.1, 0.15) is 66.2 Å². The van der Waals surface area contributed by atoms with E-state index in [0.29, 0.717) is 16.1 Å². The smallest absolute Gasteiger partial charge is 0.134 e. The Bertz CT molecular complexity index is 227. The molecule has 1 saturated heterocycles. The summed E-state index contributed by atoms with van der Waals surface area (Å²) in [7, 11) is -0.0349. The Balaban J connectivity index is 3.11. The molecule has 0 atom stereocenters. The molecule has 0 aromatic rings. The Morgan fingerprint density at radius 3 is 1.50 bits per heavy atom. The Hall–Kier alpha value is 0.100. The molecule has 1 aliphatic heterocycles. The zero-order chi connectivity index (χ0) is 12.4. The maximum Gasteiger partial charge on any atom is 0.134 e. The third-order valence-corrected chi connectivity index (χ3v) is 9.54. The normalized spacial score (nSPS) is 24.7. The van der Waals surface area contributed by atoms with Crippen molar-refractivity contribution >= 4 is 13.7 Å². The summed E-state index contributed by atoms with van der Waals surface area (Å²) in [5.41, 5.74) is 0. The Morgan fingerprint density at radius 2 is 1.25 bits per heavy atom. The van der Waals surface area contributed by atoms with Gasteiger partial charge in [0.15, 0.2) is 0 Å². The number of ketones is 1. The maximum absolute atomic E-state index is 12.1. The van der Waals surface area contributed by atoms with Crippen LogP contribution in [0.3, 0.4) is 0 Å². The average molecular weight is 242 g/mol. The first-order valence-corrected chi connectivity index (χ1v) is 8.54. The van der Waals surface area contributed by atoms with Crippen LogP contribution in [0.4, 0.5) is 0 Å². The summed E-state index contributed by atoms with van der Waals surface area (Å²) in [6.07, 6.45) is 6.42. The summed E-state index contributed by atoms with van der Waals surface area (Å²) < 4.78 is 0. The van der Waals surface area contributed by atoms with E-state index in [0.717, 1.165) is 12.8 Å². The molecule has 0 saturated carbocycles. The maximum atomic E-state index is 12.1. The van der Waals surface area contributed by atoms with E-state index < -0.39 is 0 Å². The predicted molar refractivity (Wildman–Crippen MR) is 73.7 cm³/mol. The van der Waals surface area contributed by atoms with Gasteiger partial charge in [-0.3, -0.25) is 4.79 Å². The summed E-state index contributed by atoms with van der Waals surface area (Å²) in [5.74, 6) is 0.521. The fourth-order valence-corrected chi connectivity index (χ4v) is 7.22. The Kier molecular flexibility index (Phi) is 4.57. The van der Waals surface area contributed by atoms with E-state index >= 15 is 0 Å². The highest BCUT2D eigenvalue weighted by Crippen LogP contribution is 2.67. The molecule has 0 aliphatic carbocycles. The second-order valence-corrected chi connectivity index (χ2v) is 8.33. The van der Waals surface area contributed by atoms with Gasteiger partial charge in [-0.2, -0.15) is 0 Å². The van der Waals surface area contributed by atoms with Crippen molar-refractivity contribution in [2.75, 3.05) is 6.66 Å². The van der Waals surface area contributed by atoms with Crippen molar-refractivity contribution in [1.29, 1.82) is 0 Å². The van der Waals surface area contributed by atoms with E-state index in [9.17, 15) is 4.79 Å². The molecule has 0 spiro atoms. The van der Waals surface area contributed by atoms with Gasteiger partial charge in [0.2, 0.25) is 0 Å². The lowest BCUT2D eigenvalue weighted by molar-refractivity contribution is -0.121. The molecule has 0 aromatic heterocycles. The predicted octanol–water partition coefficient (Wildman–Crippen LogP) is 4.58. The molecule has 2 heteroatoms. The third kappa shape index (κ3) is 2.08. The van der Waals surface area contributed by atoms with Crippen molar-refractivity contribution in [3.63, 3.8) is 0 Å². The van der Waals surface area contributed by atoms with E-state index in [1.807, 2.05) is 0 Å². The quantitative estimate of drug-likeness (QED) is 0.659. The Morgan fingerprint density at radius 1 is 0.938 bits per heavy atom. The summed E-state index contributed by atoms with van der Waals surface area (Å²) in [6, 6.07) is 0. The molecule has 1 aliphatic rings. The number of carbonyl (C=O) groups excluding carboxylic acids is 1. The van der Waals surface area contributed by atoms with Gasteiger partial charge in [0, 0.05) is 12.8 Å². The van der Waals surface area contributed by atoms with Crippen molar-refractivity contribution in [2.24, 2.45) is 0 Å². The van der Waals surface area contributed by atoms with Crippen molar-refractivity contribution in [2.45, 2.75) is 76.5 Å². The third-order valence-electron chi connectivity index (χ3n) is 5.11. The summed E-state index contributed by atoms with van der Waals surface area (Å²) in [5, 5.41) is 0.688. The van der Waals surface area contributed by atoms with Gasteiger partial charge in [0.25, 0.3) is 0 Å². The van der Waals surface area contributed by atoms with Crippen LogP contribution in [0.5, 0.6) is 0 Å². The average Bonchev–Trinajstić information content (AvgIpc) is 2.32. The van der Waals surface area contributed by atoms with Crippen molar-refractivity contribution in [3.8, 4) is 0 Å². The molecule has 0 unspecified atom stereocenters. The van der Waals surface area contributed by atoms with Crippen molar-refractivity contribution < 1.29 is 4.79 Å². The van der Waals surface area contributed by atoms with Crippen LogP contribution in [-0.4, -0.2) is 22.8 Å². The van der Waals surface area contributed by atoms with E-state index in [1.165, 1.54) is 25.7 Å². The molecular weight excluding hydrogens is 215 g/mol. The Labute approximate surface area is 102 Å². The van der Waals surface area contributed by atoms with Crippen LogP contribution in [0.25, 0.3) is 0 Å². The standard InChI is InChI=1S/C14H27OP/c1-6-13(7-2)10-12(15)11-14(8-3,9-4)16(13)5/h6-11H2,1-5H3. The van der Waals surface area contributed by atoms with Crippen LogP contribution in [0.2, 0.25) is 0 Å². The van der Waals surface area contributed by atoms with Gasteiger partial charge in [-0.15, -0.1) is 0 Å².